The first-order valence-electron chi connectivity index (χ1n) is 6.08. The summed E-state index contributed by atoms with van der Waals surface area (Å²) in [6, 6.07) is 0. The van der Waals surface area contributed by atoms with Gasteiger partial charge in [0.05, 0.1) is 6.61 Å². The number of rotatable bonds is 4. The number of ether oxygens (including phenoxy) is 2. The normalized spacial score (nSPS) is 24.3. The molecule has 0 aromatic carbocycles. The van der Waals surface area contributed by atoms with Gasteiger partial charge in [-0.15, -0.1) is 5.92 Å². The van der Waals surface area contributed by atoms with Crippen molar-refractivity contribution < 1.29 is 14.6 Å². The van der Waals surface area contributed by atoms with Crippen LogP contribution in [0.5, 0.6) is 0 Å². The molecule has 0 aromatic heterocycles. The molecule has 92 valence electrons. The fourth-order valence-corrected chi connectivity index (χ4v) is 1.55. The van der Waals surface area contributed by atoms with Crippen LogP contribution in [-0.4, -0.2) is 30.7 Å². The molecule has 16 heavy (non-hydrogen) atoms. The van der Waals surface area contributed by atoms with Crippen LogP contribution in [0.15, 0.2) is 0 Å². The minimum atomic E-state index is -0.533. The summed E-state index contributed by atoms with van der Waals surface area (Å²) in [4.78, 5) is 0. The Balaban J connectivity index is 2.10. The lowest BCUT2D eigenvalue weighted by Crippen LogP contribution is -2.24. The highest BCUT2D eigenvalue weighted by atomic mass is 16.7. The number of aliphatic hydroxyl groups excluding tert-OH is 1. The lowest BCUT2D eigenvalue weighted by atomic mass is 10.1. The SMILES string of the molecule is C[C@@H](CC#C[C@H](C)O)COC1CCCCO1. The maximum absolute atomic E-state index is 8.97. The third-order valence-corrected chi connectivity index (χ3v) is 2.47. The Kier molecular flexibility index (Phi) is 6.47. The summed E-state index contributed by atoms with van der Waals surface area (Å²) in [5, 5.41) is 8.97. The Bertz CT molecular complexity index is 233. The van der Waals surface area contributed by atoms with Gasteiger partial charge in [0.2, 0.25) is 0 Å². The Morgan fingerprint density at radius 2 is 2.25 bits per heavy atom. The third kappa shape index (κ3) is 6.12. The van der Waals surface area contributed by atoms with Gasteiger partial charge < -0.3 is 14.6 Å². The molecule has 1 aliphatic rings. The van der Waals surface area contributed by atoms with Gasteiger partial charge in [0.25, 0.3) is 0 Å². The summed E-state index contributed by atoms with van der Waals surface area (Å²) >= 11 is 0. The van der Waals surface area contributed by atoms with Crippen molar-refractivity contribution in [2.75, 3.05) is 13.2 Å². The van der Waals surface area contributed by atoms with Crippen LogP contribution < -0.4 is 0 Å². The van der Waals surface area contributed by atoms with Crippen LogP contribution in [0.1, 0.15) is 39.5 Å². The second-order valence-electron chi connectivity index (χ2n) is 4.44. The number of hydrogen-bond donors (Lipinski definition) is 1. The average Bonchev–Trinajstić information content (AvgIpc) is 2.27. The van der Waals surface area contributed by atoms with Crippen LogP contribution in [0.2, 0.25) is 0 Å². The largest absolute Gasteiger partial charge is 0.381 e. The molecule has 3 atom stereocenters. The lowest BCUT2D eigenvalue weighted by Gasteiger charge is -2.23. The molecule has 1 heterocycles. The molecule has 1 rings (SSSR count). The molecule has 1 unspecified atom stereocenters. The number of hydrogen-bond acceptors (Lipinski definition) is 3. The predicted molar refractivity (Wildman–Crippen MR) is 62.8 cm³/mol. The molecule has 0 aromatic rings. The average molecular weight is 226 g/mol. The van der Waals surface area contributed by atoms with E-state index in [0.717, 1.165) is 25.9 Å². The van der Waals surface area contributed by atoms with Crippen molar-refractivity contribution in [2.45, 2.75) is 51.9 Å². The highest BCUT2D eigenvalue weighted by molar-refractivity contribution is 5.03. The Morgan fingerprint density at radius 3 is 2.88 bits per heavy atom. The van der Waals surface area contributed by atoms with Crippen LogP contribution in [0.4, 0.5) is 0 Å². The zero-order valence-electron chi connectivity index (χ0n) is 10.2. The highest BCUT2D eigenvalue weighted by Crippen LogP contribution is 2.15. The summed E-state index contributed by atoms with van der Waals surface area (Å²) < 4.78 is 11.1. The molecule has 1 aliphatic heterocycles. The summed E-state index contributed by atoms with van der Waals surface area (Å²) in [6.45, 7) is 5.27. The summed E-state index contributed by atoms with van der Waals surface area (Å²) in [6.07, 6.45) is 3.57. The van der Waals surface area contributed by atoms with E-state index in [-0.39, 0.29) is 6.29 Å². The molecule has 0 saturated carbocycles. The first-order valence-corrected chi connectivity index (χ1v) is 6.08. The molecular weight excluding hydrogens is 204 g/mol. The molecule has 0 amide bonds. The summed E-state index contributed by atoms with van der Waals surface area (Å²) in [5.74, 6) is 6.07. The van der Waals surface area contributed by atoms with Crippen molar-refractivity contribution in [1.29, 1.82) is 0 Å². The van der Waals surface area contributed by atoms with Gasteiger partial charge in [-0.25, -0.2) is 0 Å². The third-order valence-electron chi connectivity index (χ3n) is 2.47. The van der Waals surface area contributed by atoms with E-state index >= 15 is 0 Å². The van der Waals surface area contributed by atoms with Gasteiger partial charge in [-0.2, -0.15) is 0 Å². The van der Waals surface area contributed by atoms with Crippen LogP contribution in [-0.2, 0) is 9.47 Å². The van der Waals surface area contributed by atoms with Crippen LogP contribution >= 0.6 is 0 Å². The zero-order valence-corrected chi connectivity index (χ0v) is 10.2. The molecule has 0 bridgehead atoms. The quantitative estimate of drug-likeness (QED) is 0.745. The van der Waals surface area contributed by atoms with E-state index in [9.17, 15) is 0 Å². The minimum Gasteiger partial charge on any atom is -0.381 e. The maximum atomic E-state index is 8.97. The van der Waals surface area contributed by atoms with Gasteiger partial charge in [-0.05, 0) is 32.1 Å². The topological polar surface area (TPSA) is 38.7 Å². The van der Waals surface area contributed by atoms with Crippen molar-refractivity contribution >= 4 is 0 Å². The van der Waals surface area contributed by atoms with E-state index in [1.54, 1.807) is 6.92 Å². The van der Waals surface area contributed by atoms with E-state index in [2.05, 4.69) is 18.8 Å². The summed E-state index contributed by atoms with van der Waals surface area (Å²) in [5.41, 5.74) is 0. The van der Waals surface area contributed by atoms with E-state index in [4.69, 9.17) is 14.6 Å². The van der Waals surface area contributed by atoms with Crippen LogP contribution in [0, 0.1) is 17.8 Å². The minimum absolute atomic E-state index is 0.0130. The fourth-order valence-electron chi connectivity index (χ4n) is 1.55. The molecular formula is C13H22O3. The first kappa shape index (κ1) is 13.5. The Labute approximate surface area is 98.1 Å². The molecule has 1 N–H and O–H groups in total. The van der Waals surface area contributed by atoms with Gasteiger partial charge >= 0.3 is 0 Å². The lowest BCUT2D eigenvalue weighted by molar-refractivity contribution is -0.167. The zero-order chi connectivity index (χ0) is 11.8. The molecule has 0 spiro atoms. The van der Waals surface area contributed by atoms with Gasteiger partial charge in [0, 0.05) is 13.0 Å². The second-order valence-corrected chi connectivity index (χ2v) is 4.44. The smallest absolute Gasteiger partial charge is 0.157 e. The molecule has 1 saturated heterocycles. The van der Waals surface area contributed by atoms with Crippen LogP contribution in [0.25, 0.3) is 0 Å². The van der Waals surface area contributed by atoms with E-state index < -0.39 is 6.10 Å². The molecule has 1 fully saturated rings. The summed E-state index contributed by atoms with van der Waals surface area (Å²) in [7, 11) is 0. The van der Waals surface area contributed by atoms with Crippen molar-refractivity contribution in [3.8, 4) is 11.8 Å². The fraction of sp³-hybridized carbons (Fsp3) is 0.846. The van der Waals surface area contributed by atoms with E-state index in [0.29, 0.717) is 12.5 Å². The van der Waals surface area contributed by atoms with Gasteiger partial charge in [0.1, 0.15) is 6.10 Å². The van der Waals surface area contributed by atoms with Gasteiger partial charge in [0.15, 0.2) is 6.29 Å². The molecule has 3 nitrogen and oxygen atoms in total. The van der Waals surface area contributed by atoms with Crippen molar-refractivity contribution in [2.24, 2.45) is 5.92 Å². The number of aliphatic hydroxyl groups is 1. The van der Waals surface area contributed by atoms with Crippen molar-refractivity contribution in [3.63, 3.8) is 0 Å². The Morgan fingerprint density at radius 1 is 1.44 bits per heavy atom. The van der Waals surface area contributed by atoms with Gasteiger partial charge in [-0.1, -0.05) is 12.8 Å². The predicted octanol–water partition coefficient (Wildman–Crippen LogP) is 1.94. The van der Waals surface area contributed by atoms with E-state index in [1.807, 2.05) is 0 Å². The molecule has 3 heteroatoms. The highest BCUT2D eigenvalue weighted by Gasteiger charge is 2.14. The second kappa shape index (κ2) is 7.67. The van der Waals surface area contributed by atoms with Crippen molar-refractivity contribution in [3.05, 3.63) is 0 Å². The monoisotopic (exact) mass is 226 g/mol. The standard InChI is InChI=1S/C13H22O3/c1-11(6-5-7-12(2)14)10-16-13-8-3-4-9-15-13/h11-14H,3-4,6,8-10H2,1-2H3/t11-,12-,13?/m0/s1. The molecule has 0 aliphatic carbocycles. The first-order chi connectivity index (χ1) is 7.68. The molecule has 0 radical (unpaired) electrons. The van der Waals surface area contributed by atoms with E-state index in [1.165, 1.54) is 6.42 Å². The van der Waals surface area contributed by atoms with Gasteiger partial charge in [-0.3, -0.25) is 0 Å². The van der Waals surface area contributed by atoms with Crippen molar-refractivity contribution in [1.82, 2.24) is 0 Å². The van der Waals surface area contributed by atoms with Crippen LogP contribution in [0.3, 0.4) is 0 Å². The Hall–Kier alpha value is -0.560. The maximum Gasteiger partial charge on any atom is 0.157 e.